The minimum absolute atomic E-state index is 0.276. The first kappa shape index (κ1) is 25.0. The van der Waals surface area contributed by atoms with Gasteiger partial charge in [0.25, 0.3) is 0 Å². The van der Waals surface area contributed by atoms with Crippen molar-refractivity contribution < 1.29 is 4.74 Å². The van der Waals surface area contributed by atoms with E-state index < -0.39 is 0 Å². The molecule has 3 atom stereocenters. The molecular formula is C33H28BrClN2O. The molecule has 0 saturated heterocycles. The Hall–Kier alpha value is -3.34. The number of hydrogen-bond donors (Lipinski definition) is 1. The lowest BCUT2D eigenvalue weighted by atomic mass is 9.76. The molecule has 38 heavy (non-hydrogen) atoms. The van der Waals surface area contributed by atoms with Crippen LogP contribution in [0.25, 0.3) is 0 Å². The van der Waals surface area contributed by atoms with Crippen LogP contribution in [0.1, 0.15) is 46.2 Å². The van der Waals surface area contributed by atoms with Gasteiger partial charge in [-0.2, -0.15) is 0 Å². The smallest absolute Gasteiger partial charge is 0.128 e. The van der Waals surface area contributed by atoms with E-state index in [9.17, 15) is 0 Å². The number of halogens is 2. The van der Waals surface area contributed by atoms with Crippen LogP contribution in [0.4, 0.5) is 11.4 Å². The monoisotopic (exact) mass is 582 g/mol. The topological polar surface area (TPSA) is 33.6 Å². The van der Waals surface area contributed by atoms with Crippen LogP contribution in [-0.4, -0.2) is 6.21 Å². The molecule has 1 N–H and O–H groups in total. The average molecular weight is 584 g/mol. The van der Waals surface area contributed by atoms with Gasteiger partial charge in [0.05, 0.1) is 11.7 Å². The minimum atomic E-state index is 0.276. The number of ether oxygens (including phenoxy) is 1. The van der Waals surface area contributed by atoms with Crippen LogP contribution in [0.2, 0.25) is 5.02 Å². The summed E-state index contributed by atoms with van der Waals surface area (Å²) in [6, 6.07) is 29.3. The summed E-state index contributed by atoms with van der Waals surface area (Å²) >= 11 is 9.88. The van der Waals surface area contributed by atoms with Crippen molar-refractivity contribution in [2.24, 2.45) is 10.9 Å². The highest BCUT2D eigenvalue weighted by atomic mass is 79.9. The fraction of sp³-hybridized carbons (Fsp3) is 0.182. The maximum Gasteiger partial charge on any atom is 0.128 e. The second-order valence-corrected chi connectivity index (χ2v) is 11.3. The van der Waals surface area contributed by atoms with Gasteiger partial charge in [-0.1, -0.05) is 87.7 Å². The van der Waals surface area contributed by atoms with Crippen molar-refractivity contribution in [2.45, 2.75) is 31.9 Å². The van der Waals surface area contributed by atoms with Crippen LogP contribution in [-0.2, 0) is 6.61 Å². The van der Waals surface area contributed by atoms with E-state index in [1.54, 1.807) is 0 Å². The first-order valence-corrected chi connectivity index (χ1v) is 14.1. The van der Waals surface area contributed by atoms with Crippen molar-refractivity contribution >= 4 is 45.1 Å². The number of allylic oxidation sites excluding steroid dienone is 2. The number of rotatable bonds is 6. The number of nitrogens with zero attached hydrogens (tertiary/aromatic N) is 1. The molecule has 0 bridgehead atoms. The largest absolute Gasteiger partial charge is 0.488 e. The molecule has 6 rings (SSSR count). The molecule has 1 heterocycles. The van der Waals surface area contributed by atoms with Crippen molar-refractivity contribution in [1.29, 1.82) is 0 Å². The molecule has 0 unspecified atom stereocenters. The second kappa shape index (κ2) is 10.8. The minimum Gasteiger partial charge on any atom is -0.488 e. The zero-order valence-corrected chi connectivity index (χ0v) is 23.4. The maximum atomic E-state index is 6.30. The number of hydrogen-bond acceptors (Lipinski definition) is 3. The van der Waals surface area contributed by atoms with Crippen molar-refractivity contribution in [3.63, 3.8) is 0 Å². The summed E-state index contributed by atoms with van der Waals surface area (Å²) in [7, 11) is 0. The van der Waals surface area contributed by atoms with Gasteiger partial charge in [-0.05, 0) is 72.9 Å². The highest BCUT2D eigenvalue weighted by Crippen LogP contribution is 2.50. The van der Waals surface area contributed by atoms with Crippen LogP contribution in [0.5, 0.6) is 5.75 Å². The van der Waals surface area contributed by atoms with E-state index in [-0.39, 0.29) is 6.04 Å². The number of aliphatic imine (C=N–C) groups is 1. The molecular weight excluding hydrogens is 556 g/mol. The van der Waals surface area contributed by atoms with Crippen molar-refractivity contribution in [3.8, 4) is 5.75 Å². The molecule has 4 aromatic carbocycles. The van der Waals surface area contributed by atoms with Gasteiger partial charge in [-0.25, -0.2) is 0 Å². The molecule has 0 amide bonds. The SMILES string of the molecule is Cc1ccc2c(c1)[C@@H]1C=CC[C@H]1[C@H](c1ccc(N=Cc3cc(Br)ccc3OCc3ccccc3Cl)cc1)N2. The fourth-order valence-electron chi connectivity index (χ4n) is 5.48. The third-order valence-corrected chi connectivity index (χ3v) is 8.30. The predicted octanol–water partition coefficient (Wildman–Crippen LogP) is 9.57. The molecule has 4 aromatic rings. The summed E-state index contributed by atoms with van der Waals surface area (Å²) < 4.78 is 7.08. The van der Waals surface area contributed by atoms with Gasteiger partial charge in [-0.3, -0.25) is 4.99 Å². The molecule has 2 aliphatic rings. The quantitative estimate of drug-likeness (QED) is 0.181. The fourth-order valence-corrected chi connectivity index (χ4v) is 6.05. The number of benzene rings is 4. The van der Waals surface area contributed by atoms with E-state index >= 15 is 0 Å². The Labute approximate surface area is 237 Å². The molecule has 5 heteroatoms. The molecule has 0 aromatic heterocycles. The number of aryl methyl sites for hydroxylation is 1. The lowest BCUT2D eigenvalue weighted by Gasteiger charge is -2.37. The van der Waals surface area contributed by atoms with Crippen molar-refractivity contribution in [2.75, 3.05) is 5.32 Å². The summed E-state index contributed by atoms with van der Waals surface area (Å²) in [5, 5.41) is 4.52. The van der Waals surface area contributed by atoms with Crippen molar-refractivity contribution in [1.82, 2.24) is 0 Å². The highest BCUT2D eigenvalue weighted by molar-refractivity contribution is 9.10. The summed E-state index contributed by atoms with van der Waals surface area (Å²) in [5.41, 5.74) is 8.02. The zero-order chi connectivity index (χ0) is 26.1. The van der Waals surface area contributed by atoms with Gasteiger partial charge in [0.15, 0.2) is 0 Å². The van der Waals surface area contributed by atoms with Crippen LogP contribution in [0.3, 0.4) is 0 Å². The molecule has 3 nitrogen and oxygen atoms in total. The Bertz CT molecular complexity index is 1530. The van der Waals surface area contributed by atoms with Crippen LogP contribution in [0, 0.1) is 12.8 Å². The van der Waals surface area contributed by atoms with Gasteiger partial charge in [0.2, 0.25) is 0 Å². The van der Waals surface area contributed by atoms with Gasteiger partial charge < -0.3 is 10.1 Å². The third kappa shape index (κ3) is 5.16. The molecule has 0 radical (unpaired) electrons. The zero-order valence-electron chi connectivity index (χ0n) is 21.1. The molecule has 190 valence electrons. The Morgan fingerprint density at radius 1 is 1.03 bits per heavy atom. The van der Waals surface area contributed by atoms with Crippen LogP contribution < -0.4 is 10.1 Å². The van der Waals surface area contributed by atoms with Crippen molar-refractivity contribution in [3.05, 3.63) is 134 Å². The van der Waals surface area contributed by atoms with Gasteiger partial charge in [-0.15, -0.1) is 0 Å². The van der Waals surface area contributed by atoms with E-state index in [0.29, 0.717) is 23.5 Å². The summed E-state index contributed by atoms with van der Waals surface area (Å²) in [5.74, 6) is 1.75. The van der Waals surface area contributed by atoms with Crippen LogP contribution in [0.15, 0.2) is 107 Å². The highest BCUT2D eigenvalue weighted by Gasteiger charge is 2.37. The maximum absolute atomic E-state index is 6.30. The Kier molecular flexibility index (Phi) is 7.10. The molecule has 0 spiro atoms. The standard InChI is InChI=1S/C33H28BrClN2O/c1-21-9-15-31-29(17-21)27-6-4-7-28(27)33(37-31)22-10-13-26(14-11-22)36-19-24-18-25(34)12-16-32(24)38-20-23-5-2-3-8-30(23)35/h2-6,8-19,27-28,33,37H,7,20H2,1H3/t27-,28-,33+/m1/s1. The molecule has 1 aliphatic heterocycles. The number of anilines is 1. The second-order valence-electron chi connectivity index (χ2n) is 9.98. The van der Waals surface area contributed by atoms with Gasteiger partial charge >= 0.3 is 0 Å². The van der Waals surface area contributed by atoms with E-state index in [4.69, 9.17) is 21.3 Å². The molecule has 1 aliphatic carbocycles. The first-order chi connectivity index (χ1) is 18.5. The molecule has 0 fully saturated rings. The Morgan fingerprint density at radius 2 is 1.87 bits per heavy atom. The average Bonchev–Trinajstić information content (AvgIpc) is 3.43. The lowest BCUT2D eigenvalue weighted by Crippen LogP contribution is -2.29. The lowest BCUT2D eigenvalue weighted by molar-refractivity contribution is 0.306. The Morgan fingerprint density at radius 3 is 2.71 bits per heavy atom. The predicted molar refractivity (Wildman–Crippen MR) is 161 cm³/mol. The van der Waals surface area contributed by atoms with E-state index in [0.717, 1.165) is 33.5 Å². The van der Waals surface area contributed by atoms with E-state index in [2.05, 4.69) is 82.8 Å². The first-order valence-electron chi connectivity index (χ1n) is 12.9. The van der Waals surface area contributed by atoms with Crippen LogP contribution >= 0.6 is 27.5 Å². The van der Waals surface area contributed by atoms with Gasteiger partial charge in [0, 0.05) is 38.4 Å². The van der Waals surface area contributed by atoms with Gasteiger partial charge in [0.1, 0.15) is 12.4 Å². The number of fused-ring (bicyclic) bond motifs is 3. The van der Waals surface area contributed by atoms with E-state index in [1.807, 2.05) is 48.7 Å². The molecule has 0 saturated carbocycles. The normalized spacial score (nSPS) is 19.7. The third-order valence-electron chi connectivity index (χ3n) is 7.44. The summed E-state index contributed by atoms with van der Waals surface area (Å²) in [6.07, 6.45) is 7.67. The summed E-state index contributed by atoms with van der Waals surface area (Å²) in [4.78, 5) is 4.76. The summed E-state index contributed by atoms with van der Waals surface area (Å²) in [6.45, 7) is 2.56. The van der Waals surface area contributed by atoms with E-state index in [1.165, 1.54) is 22.4 Å². The number of nitrogens with one attached hydrogen (secondary N) is 1. The Balaban J connectivity index is 1.20.